The maximum atomic E-state index is 13.0. The van der Waals surface area contributed by atoms with Crippen LogP contribution in [-0.4, -0.2) is 149 Å². The largest absolute Gasteiger partial charge is 0.480 e. The van der Waals surface area contributed by atoms with E-state index in [9.17, 15) is 39.3 Å². The lowest BCUT2D eigenvalue weighted by Crippen LogP contribution is -2.49. The summed E-state index contributed by atoms with van der Waals surface area (Å²) in [6.07, 6.45) is 1.16. The average Bonchev–Trinajstić information content (AvgIpc) is 3.07. The molecule has 0 radical (unpaired) electrons. The number of carboxylic acid groups (broad SMARTS) is 3. The number of hydrogen-bond donors (Lipinski definition) is 6. The standard InChI is InChI=1S/C34H49N7O9/c35-29(11-10-26-4-2-1-3-5-26)34(49)37-50-25-28-8-6-27(7-9-28)20-36-30(42)21-38-12-14-39(22-31(43)44)16-18-41(24-33(47)48)19-17-40(15-13-38)23-32(45)46/h1-9,29H,10-25,35H2,(H,36,42)(H,37,49)(H,43,44)(H,45,46)(H,47,48). The molecule has 0 bridgehead atoms. The summed E-state index contributed by atoms with van der Waals surface area (Å²) in [6.45, 7) is 2.24. The van der Waals surface area contributed by atoms with Crippen LogP contribution in [0.3, 0.4) is 0 Å². The van der Waals surface area contributed by atoms with Gasteiger partial charge in [0.25, 0.3) is 5.91 Å². The van der Waals surface area contributed by atoms with Crippen LogP contribution in [0.25, 0.3) is 0 Å². The normalized spacial score (nSPS) is 16.4. The van der Waals surface area contributed by atoms with E-state index in [4.69, 9.17) is 10.6 Å². The third-order valence-corrected chi connectivity index (χ3v) is 8.22. The topological polar surface area (TPSA) is 218 Å². The number of carboxylic acids is 3. The second-order valence-electron chi connectivity index (χ2n) is 12.3. The Labute approximate surface area is 291 Å². The molecular weight excluding hydrogens is 650 g/mol. The van der Waals surface area contributed by atoms with Gasteiger partial charge in [-0.3, -0.25) is 48.4 Å². The van der Waals surface area contributed by atoms with Crippen molar-refractivity contribution in [2.45, 2.75) is 32.0 Å². The summed E-state index contributed by atoms with van der Waals surface area (Å²) in [5.74, 6) is -3.70. The van der Waals surface area contributed by atoms with E-state index in [0.717, 1.165) is 16.7 Å². The van der Waals surface area contributed by atoms with E-state index in [-0.39, 0.29) is 45.2 Å². The van der Waals surface area contributed by atoms with Crippen molar-refractivity contribution < 1.29 is 44.1 Å². The number of carbonyl (C=O) groups is 5. The summed E-state index contributed by atoms with van der Waals surface area (Å²) in [6, 6.07) is 16.4. The molecule has 2 amide bonds. The quantitative estimate of drug-likeness (QED) is 0.112. The number of carbonyl (C=O) groups excluding carboxylic acids is 2. The van der Waals surface area contributed by atoms with Crippen LogP contribution in [0, 0.1) is 0 Å². The van der Waals surface area contributed by atoms with Gasteiger partial charge in [0.05, 0.1) is 38.8 Å². The van der Waals surface area contributed by atoms with E-state index in [1.165, 1.54) is 0 Å². The van der Waals surface area contributed by atoms with Crippen LogP contribution >= 0.6 is 0 Å². The summed E-state index contributed by atoms with van der Waals surface area (Å²) in [5, 5.41) is 31.0. The van der Waals surface area contributed by atoms with E-state index >= 15 is 0 Å². The number of aryl methyl sites for hydroxylation is 1. The summed E-state index contributed by atoms with van der Waals surface area (Å²) >= 11 is 0. The Morgan fingerprint density at radius 2 is 1.08 bits per heavy atom. The van der Waals surface area contributed by atoms with Gasteiger partial charge in [0.15, 0.2) is 0 Å². The highest BCUT2D eigenvalue weighted by molar-refractivity contribution is 5.80. The number of hydrogen-bond acceptors (Lipinski definition) is 11. The zero-order valence-electron chi connectivity index (χ0n) is 28.2. The molecule has 0 aliphatic carbocycles. The number of hydroxylamine groups is 1. The van der Waals surface area contributed by atoms with Crippen LogP contribution in [0.1, 0.15) is 23.1 Å². The van der Waals surface area contributed by atoms with Gasteiger partial charge in [-0.05, 0) is 29.5 Å². The van der Waals surface area contributed by atoms with Gasteiger partial charge in [0, 0.05) is 58.9 Å². The van der Waals surface area contributed by atoms with Gasteiger partial charge in [0.2, 0.25) is 5.91 Å². The zero-order valence-corrected chi connectivity index (χ0v) is 28.2. The molecule has 1 atom stereocenters. The predicted octanol–water partition coefficient (Wildman–Crippen LogP) is -0.714. The fourth-order valence-electron chi connectivity index (χ4n) is 5.36. The van der Waals surface area contributed by atoms with Gasteiger partial charge in [-0.15, -0.1) is 0 Å². The smallest absolute Gasteiger partial charge is 0.317 e. The molecule has 2 aromatic rings. The fourth-order valence-corrected chi connectivity index (χ4v) is 5.36. The average molecular weight is 700 g/mol. The molecule has 1 saturated heterocycles. The first-order valence-corrected chi connectivity index (χ1v) is 16.6. The van der Waals surface area contributed by atoms with E-state index in [1.54, 1.807) is 14.7 Å². The third-order valence-electron chi connectivity index (χ3n) is 8.22. The van der Waals surface area contributed by atoms with Crippen molar-refractivity contribution in [2.75, 3.05) is 78.5 Å². The minimum Gasteiger partial charge on any atom is -0.480 e. The van der Waals surface area contributed by atoms with E-state index in [2.05, 4.69) is 10.8 Å². The number of benzene rings is 2. The highest BCUT2D eigenvalue weighted by atomic mass is 16.6. The molecule has 0 saturated carbocycles. The van der Waals surface area contributed by atoms with Crippen molar-refractivity contribution in [3.8, 4) is 0 Å². The molecule has 16 nitrogen and oxygen atoms in total. The summed E-state index contributed by atoms with van der Waals surface area (Å²) in [4.78, 5) is 71.9. The molecule has 1 heterocycles. The highest BCUT2D eigenvalue weighted by Crippen LogP contribution is 2.07. The lowest BCUT2D eigenvalue weighted by atomic mass is 10.1. The first-order chi connectivity index (χ1) is 24.0. The summed E-state index contributed by atoms with van der Waals surface area (Å²) in [5.41, 5.74) is 11.1. The maximum absolute atomic E-state index is 13.0. The Kier molecular flexibility index (Phi) is 17.3. The minimum atomic E-state index is -1.02. The van der Waals surface area contributed by atoms with Crippen LogP contribution in [-0.2, 0) is 48.4 Å². The number of nitrogens with zero attached hydrogens (tertiary/aromatic N) is 4. The van der Waals surface area contributed by atoms with Gasteiger partial charge in [0.1, 0.15) is 0 Å². The number of aliphatic carboxylic acids is 3. The molecule has 50 heavy (non-hydrogen) atoms. The number of nitrogens with one attached hydrogen (secondary N) is 2. The maximum Gasteiger partial charge on any atom is 0.317 e. The van der Waals surface area contributed by atoms with Gasteiger partial charge in [-0.1, -0.05) is 54.6 Å². The van der Waals surface area contributed by atoms with Crippen LogP contribution in [0.5, 0.6) is 0 Å². The van der Waals surface area contributed by atoms with E-state index in [0.29, 0.717) is 65.2 Å². The number of amides is 2. The van der Waals surface area contributed by atoms with E-state index in [1.807, 2.05) is 59.5 Å². The SMILES string of the molecule is NC(CCc1ccccc1)C(=O)NOCc1ccc(CNC(=O)CN2CCN(CC(=O)O)CCN(CC(=O)O)CCN(CC(=O)O)CC2)cc1. The molecule has 16 heteroatoms. The predicted molar refractivity (Wildman–Crippen MR) is 183 cm³/mol. The van der Waals surface area contributed by atoms with Crippen molar-refractivity contribution in [3.05, 3.63) is 71.3 Å². The van der Waals surface area contributed by atoms with Crippen molar-refractivity contribution in [3.63, 3.8) is 0 Å². The molecule has 1 fully saturated rings. The number of rotatable bonds is 17. The molecule has 7 N–H and O–H groups in total. The third kappa shape index (κ3) is 16.3. The Bertz CT molecular complexity index is 1350. The zero-order chi connectivity index (χ0) is 36.3. The monoisotopic (exact) mass is 699 g/mol. The number of nitrogens with two attached hydrogens (primary N) is 1. The van der Waals surface area contributed by atoms with E-state index < -0.39 is 29.9 Å². The first-order valence-electron chi connectivity index (χ1n) is 16.6. The molecule has 0 aromatic heterocycles. The fraction of sp³-hybridized carbons (Fsp3) is 0.500. The molecular formula is C34H49N7O9. The Morgan fingerprint density at radius 1 is 0.640 bits per heavy atom. The Balaban J connectivity index is 1.47. The summed E-state index contributed by atoms with van der Waals surface area (Å²) in [7, 11) is 0. The van der Waals surface area contributed by atoms with Crippen molar-refractivity contribution in [1.82, 2.24) is 30.4 Å². The second-order valence-corrected chi connectivity index (χ2v) is 12.3. The van der Waals surface area contributed by atoms with Crippen molar-refractivity contribution in [1.29, 1.82) is 0 Å². The molecule has 1 aliphatic rings. The van der Waals surface area contributed by atoms with Crippen molar-refractivity contribution in [2.24, 2.45) is 5.73 Å². The second kappa shape index (κ2) is 21.6. The van der Waals surface area contributed by atoms with Gasteiger partial charge >= 0.3 is 17.9 Å². The first kappa shape index (κ1) is 40.0. The summed E-state index contributed by atoms with van der Waals surface area (Å²) < 4.78 is 0. The van der Waals surface area contributed by atoms with Crippen molar-refractivity contribution >= 4 is 29.7 Å². The van der Waals surface area contributed by atoms with Gasteiger partial charge in [-0.2, -0.15) is 0 Å². The Morgan fingerprint density at radius 3 is 1.54 bits per heavy atom. The highest BCUT2D eigenvalue weighted by Gasteiger charge is 2.21. The van der Waals surface area contributed by atoms with Gasteiger partial charge in [-0.25, -0.2) is 5.48 Å². The van der Waals surface area contributed by atoms with Gasteiger partial charge < -0.3 is 26.4 Å². The molecule has 0 spiro atoms. The Hall–Kier alpha value is -4.45. The minimum absolute atomic E-state index is 0.0199. The molecule has 1 unspecified atom stereocenters. The molecule has 274 valence electrons. The lowest BCUT2D eigenvalue weighted by molar-refractivity contribution is -0.140. The molecule has 3 rings (SSSR count). The van der Waals surface area contributed by atoms with Crippen LogP contribution < -0.4 is 16.5 Å². The molecule has 1 aliphatic heterocycles. The van der Waals surface area contributed by atoms with Crippen LogP contribution in [0.15, 0.2) is 54.6 Å². The van der Waals surface area contributed by atoms with Crippen LogP contribution in [0.4, 0.5) is 0 Å². The lowest BCUT2D eigenvalue weighted by Gasteiger charge is -2.32. The molecule has 2 aromatic carbocycles. The van der Waals surface area contributed by atoms with Crippen LogP contribution in [0.2, 0.25) is 0 Å².